The topological polar surface area (TPSA) is 97.7 Å². The highest BCUT2D eigenvalue weighted by molar-refractivity contribution is 5.82. The Bertz CT molecular complexity index is 1110. The largest absolute Gasteiger partial charge is 0.455 e. The van der Waals surface area contributed by atoms with Gasteiger partial charge in [0, 0.05) is 17.2 Å². The average molecular weight is 417 g/mol. The number of nitro benzene ring substituents is 1. The van der Waals surface area contributed by atoms with Crippen molar-refractivity contribution in [3.05, 3.63) is 87.7 Å². The van der Waals surface area contributed by atoms with Gasteiger partial charge in [-0.25, -0.2) is 5.43 Å². The molecule has 10 heteroatoms. The second-order valence-electron chi connectivity index (χ2n) is 6.14. The van der Waals surface area contributed by atoms with E-state index in [-0.39, 0.29) is 34.8 Å². The number of para-hydroxylation sites is 1. The number of nitrogens with zero attached hydrogens (tertiary/aromatic N) is 2. The SMILES string of the molecule is O=C(Cc1ccccc1[N+](=O)[O-])NN=Cc1ccc(-c2cccc(C(F)(F)F)c2)o1. The summed E-state index contributed by atoms with van der Waals surface area (Å²) < 4.78 is 43.9. The average Bonchev–Trinajstić information content (AvgIpc) is 3.16. The maximum absolute atomic E-state index is 12.8. The first kappa shape index (κ1) is 20.8. The molecule has 1 N–H and O–H groups in total. The first-order valence-corrected chi connectivity index (χ1v) is 8.56. The minimum Gasteiger partial charge on any atom is -0.455 e. The van der Waals surface area contributed by atoms with Gasteiger partial charge in [-0.1, -0.05) is 30.3 Å². The van der Waals surface area contributed by atoms with Crippen molar-refractivity contribution in [2.75, 3.05) is 0 Å². The highest BCUT2D eigenvalue weighted by Gasteiger charge is 2.30. The summed E-state index contributed by atoms with van der Waals surface area (Å²) in [6, 6.07) is 13.5. The monoisotopic (exact) mass is 417 g/mol. The van der Waals surface area contributed by atoms with E-state index < -0.39 is 22.6 Å². The van der Waals surface area contributed by atoms with E-state index in [1.807, 2.05) is 0 Å². The number of hydrogen-bond acceptors (Lipinski definition) is 5. The van der Waals surface area contributed by atoms with Gasteiger partial charge in [0.05, 0.1) is 23.1 Å². The second-order valence-corrected chi connectivity index (χ2v) is 6.14. The van der Waals surface area contributed by atoms with Crippen LogP contribution in [0.4, 0.5) is 18.9 Å². The Labute approximate surface area is 168 Å². The summed E-state index contributed by atoms with van der Waals surface area (Å²) in [5.41, 5.74) is 1.73. The molecule has 0 saturated heterocycles. The quantitative estimate of drug-likeness (QED) is 0.361. The lowest BCUT2D eigenvalue weighted by atomic mass is 10.1. The second kappa shape index (κ2) is 8.60. The number of hydrazone groups is 1. The molecule has 1 heterocycles. The number of carbonyl (C=O) groups is 1. The molecule has 0 aliphatic carbocycles. The lowest BCUT2D eigenvalue weighted by Gasteiger charge is -2.07. The van der Waals surface area contributed by atoms with Gasteiger partial charge in [-0.2, -0.15) is 18.3 Å². The van der Waals surface area contributed by atoms with E-state index in [0.29, 0.717) is 0 Å². The van der Waals surface area contributed by atoms with Gasteiger partial charge in [0.25, 0.3) is 5.69 Å². The molecule has 154 valence electrons. The Morgan fingerprint density at radius 3 is 2.63 bits per heavy atom. The van der Waals surface area contributed by atoms with Crippen LogP contribution in [-0.2, 0) is 17.4 Å². The van der Waals surface area contributed by atoms with E-state index in [0.717, 1.165) is 12.1 Å². The zero-order valence-electron chi connectivity index (χ0n) is 15.2. The lowest BCUT2D eigenvalue weighted by Crippen LogP contribution is -2.20. The molecule has 1 amide bonds. The van der Waals surface area contributed by atoms with Gasteiger partial charge in [0.1, 0.15) is 11.5 Å². The van der Waals surface area contributed by atoms with Crippen LogP contribution in [0.3, 0.4) is 0 Å². The van der Waals surface area contributed by atoms with Gasteiger partial charge >= 0.3 is 6.18 Å². The molecule has 0 saturated carbocycles. The van der Waals surface area contributed by atoms with Crippen molar-refractivity contribution in [1.82, 2.24) is 5.43 Å². The summed E-state index contributed by atoms with van der Waals surface area (Å²) in [6.07, 6.45) is -3.54. The summed E-state index contributed by atoms with van der Waals surface area (Å²) in [5, 5.41) is 14.7. The zero-order chi connectivity index (χ0) is 21.7. The molecule has 3 rings (SSSR count). The molecule has 1 aromatic heterocycles. The first-order chi connectivity index (χ1) is 14.2. The van der Waals surface area contributed by atoms with Crippen LogP contribution in [0.25, 0.3) is 11.3 Å². The van der Waals surface area contributed by atoms with Crippen LogP contribution in [0, 0.1) is 10.1 Å². The summed E-state index contributed by atoms with van der Waals surface area (Å²) in [7, 11) is 0. The van der Waals surface area contributed by atoms with Crippen molar-refractivity contribution in [2.45, 2.75) is 12.6 Å². The maximum Gasteiger partial charge on any atom is 0.416 e. The van der Waals surface area contributed by atoms with E-state index in [2.05, 4.69) is 10.5 Å². The van der Waals surface area contributed by atoms with Crippen LogP contribution in [0.1, 0.15) is 16.9 Å². The van der Waals surface area contributed by atoms with Crippen molar-refractivity contribution >= 4 is 17.8 Å². The third-order valence-corrected chi connectivity index (χ3v) is 4.02. The molecule has 0 aliphatic rings. The van der Waals surface area contributed by atoms with Crippen LogP contribution in [0.2, 0.25) is 0 Å². The molecular formula is C20H14F3N3O4. The first-order valence-electron chi connectivity index (χ1n) is 8.56. The Morgan fingerprint density at radius 1 is 1.13 bits per heavy atom. The van der Waals surface area contributed by atoms with Gasteiger partial charge in [-0.3, -0.25) is 14.9 Å². The van der Waals surface area contributed by atoms with Crippen molar-refractivity contribution in [3.63, 3.8) is 0 Å². The van der Waals surface area contributed by atoms with Crippen molar-refractivity contribution < 1.29 is 27.3 Å². The highest BCUT2D eigenvalue weighted by atomic mass is 19.4. The van der Waals surface area contributed by atoms with Gasteiger partial charge in [0.15, 0.2) is 0 Å². The number of alkyl halides is 3. The number of rotatable bonds is 6. The van der Waals surface area contributed by atoms with Crippen LogP contribution in [0.15, 0.2) is 70.2 Å². The number of furan rings is 1. The van der Waals surface area contributed by atoms with E-state index in [9.17, 15) is 28.1 Å². The predicted octanol–water partition coefficient (Wildman–Crippen LogP) is 4.57. The lowest BCUT2D eigenvalue weighted by molar-refractivity contribution is -0.385. The predicted molar refractivity (Wildman–Crippen MR) is 102 cm³/mol. The molecule has 30 heavy (non-hydrogen) atoms. The molecule has 0 spiro atoms. The van der Waals surface area contributed by atoms with Crippen LogP contribution in [0.5, 0.6) is 0 Å². The Hall–Kier alpha value is -3.95. The Balaban J connectivity index is 1.64. The molecule has 0 bridgehead atoms. The number of carbonyl (C=O) groups excluding carboxylic acids is 1. The fourth-order valence-electron chi connectivity index (χ4n) is 2.64. The van der Waals surface area contributed by atoms with Gasteiger partial charge in [-0.05, 0) is 24.3 Å². The van der Waals surface area contributed by atoms with Gasteiger partial charge < -0.3 is 4.42 Å². The molecule has 0 fully saturated rings. The van der Waals surface area contributed by atoms with Crippen molar-refractivity contribution in [1.29, 1.82) is 0 Å². The molecule has 2 aromatic carbocycles. The Morgan fingerprint density at radius 2 is 1.90 bits per heavy atom. The summed E-state index contributed by atoms with van der Waals surface area (Å²) in [5.74, 6) is -0.174. The molecule has 0 radical (unpaired) electrons. The Kier molecular flexibility index (Phi) is 5.95. The minimum absolute atomic E-state index is 0.173. The third kappa shape index (κ3) is 5.10. The van der Waals surface area contributed by atoms with E-state index in [1.54, 1.807) is 6.07 Å². The standard InChI is InChI=1S/C20H14F3N3O4/c21-20(22,23)15-6-3-5-14(10-15)18-9-8-16(30-18)12-24-25-19(27)11-13-4-1-2-7-17(13)26(28)29/h1-10,12H,11H2,(H,25,27). The highest BCUT2D eigenvalue weighted by Crippen LogP contribution is 2.32. The molecule has 0 atom stereocenters. The third-order valence-electron chi connectivity index (χ3n) is 4.02. The van der Waals surface area contributed by atoms with Crippen molar-refractivity contribution in [2.24, 2.45) is 5.10 Å². The number of nitro groups is 1. The summed E-state index contributed by atoms with van der Waals surface area (Å²) in [6.45, 7) is 0. The number of benzene rings is 2. The normalized spacial score (nSPS) is 11.6. The fraction of sp³-hybridized carbons (Fsp3) is 0.100. The molecule has 0 aliphatic heterocycles. The van der Waals surface area contributed by atoms with Gasteiger partial charge in [-0.15, -0.1) is 0 Å². The van der Waals surface area contributed by atoms with Crippen LogP contribution >= 0.6 is 0 Å². The maximum atomic E-state index is 12.8. The van der Waals surface area contributed by atoms with E-state index >= 15 is 0 Å². The minimum atomic E-state index is -4.47. The molecule has 3 aromatic rings. The van der Waals surface area contributed by atoms with E-state index in [4.69, 9.17) is 4.42 Å². The van der Waals surface area contributed by atoms with E-state index in [1.165, 1.54) is 48.7 Å². The number of nitrogens with one attached hydrogen (secondary N) is 1. The fourth-order valence-corrected chi connectivity index (χ4v) is 2.64. The molecular weight excluding hydrogens is 403 g/mol. The molecule has 7 nitrogen and oxygen atoms in total. The number of amides is 1. The summed E-state index contributed by atoms with van der Waals surface area (Å²) in [4.78, 5) is 22.3. The number of hydrogen-bond donors (Lipinski definition) is 1. The molecule has 0 unspecified atom stereocenters. The zero-order valence-corrected chi connectivity index (χ0v) is 15.2. The van der Waals surface area contributed by atoms with Crippen LogP contribution < -0.4 is 5.43 Å². The van der Waals surface area contributed by atoms with Crippen LogP contribution in [-0.4, -0.2) is 17.0 Å². The van der Waals surface area contributed by atoms with Gasteiger partial charge in [0.2, 0.25) is 5.91 Å². The number of halogens is 3. The van der Waals surface area contributed by atoms with Crippen molar-refractivity contribution in [3.8, 4) is 11.3 Å². The smallest absolute Gasteiger partial charge is 0.416 e. The summed E-state index contributed by atoms with van der Waals surface area (Å²) >= 11 is 0.